The standard InChI is InChI=1S/C11H23N3O.2ClH/c1-9(12)11(15)13-7-8-14(2)10-5-3-4-6-10;;/h9-10H,3-8,12H2,1-2H3,(H,13,15);2*1H. The second kappa shape index (κ2) is 9.95. The van der Waals surface area contributed by atoms with Crippen LogP contribution in [0.5, 0.6) is 0 Å². The van der Waals surface area contributed by atoms with Gasteiger partial charge in [0.15, 0.2) is 0 Å². The highest BCUT2D eigenvalue weighted by Gasteiger charge is 2.19. The first-order valence-corrected chi connectivity index (χ1v) is 5.85. The minimum Gasteiger partial charge on any atom is -0.353 e. The van der Waals surface area contributed by atoms with Gasteiger partial charge in [0.05, 0.1) is 6.04 Å². The van der Waals surface area contributed by atoms with E-state index in [1.54, 1.807) is 6.92 Å². The molecule has 0 bridgehead atoms. The van der Waals surface area contributed by atoms with Crippen molar-refractivity contribution in [2.45, 2.75) is 44.7 Å². The van der Waals surface area contributed by atoms with E-state index in [4.69, 9.17) is 5.73 Å². The van der Waals surface area contributed by atoms with Gasteiger partial charge in [-0.05, 0) is 26.8 Å². The topological polar surface area (TPSA) is 58.4 Å². The summed E-state index contributed by atoms with van der Waals surface area (Å²) < 4.78 is 0. The molecule has 3 N–H and O–H groups in total. The molecule has 1 unspecified atom stereocenters. The molecule has 1 rings (SSSR count). The molecule has 0 radical (unpaired) electrons. The van der Waals surface area contributed by atoms with Crippen molar-refractivity contribution in [1.82, 2.24) is 10.2 Å². The summed E-state index contributed by atoms with van der Waals surface area (Å²) in [7, 11) is 2.13. The zero-order valence-electron chi connectivity index (χ0n) is 10.6. The van der Waals surface area contributed by atoms with Crippen LogP contribution in [0.4, 0.5) is 0 Å². The lowest BCUT2D eigenvalue weighted by atomic mass is 10.2. The molecule has 6 heteroatoms. The lowest BCUT2D eigenvalue weighted by Crippen LogP contribution is -2.42. The van der Waals surface area contributed by atoms with E-state index in [2.05, 4.69) is 17.3 Å². The Hall–Kier alpha value is -0.0300. The van der Waals surface area contributed by atoms with Crippen LogP contribution in [0.2, 0.25) is 0 Å². The number of nitrogens with two attached hydrogens (primary N) is 1. The highest BCUT2D eigenvalue weighted by molar-refractivity contribution is 5.85. The average Bonchev–Trinajstić information content (AvgIpc) is 2.70. The molecule has 0 aromatic carbocycles. The van der Waals surface area contributed by atoms with Gasteiger partial charge in [-0.15, -0.1) is 24.8 Å². The largest absolute Gasteiger partial charge is 0.353 e. The number of likely N-dealkylation sites (N-methyl/N-ethyl adjacent to an activating group) is 1. The molecule has 0 aromatic rings. The molecule has 1 aliphatic carbocycles. The van der Waals surface area contributed by atoms with Crippen molar-refractivity contribution >= 4 is 30.7 Å². The van der Waals surface area contributed by atoms with Gasteiger partial charge in [0.25, 0.3) is 0 Å². The van der Waals surface area contributed by atoms with Crippen molar-refractivity contribution in [3.8, 4) is 0 Å². The van der Waals surface area contributed by atoms with Crippen LogP contribution in [0.3, 0.4) is 0 Å². The Balaban J connectivity index is 0. The summed E-state index contributed by atoms with van der Waals surface area (Å²) in [5.41, 5.74) is 5.45. The fourth-order valence-corrected chi connectivity index (χ4v) is 2.04. The molecule has 0 heterocycles. The van der Waals surface area contributed by atoms with Crippen molar-refractivity contribution in [1.29, 1.82) is 0 Å². The summed E-state index contributed by atoms with van der Waals surface area (Å²) in [6, 6.07) is 0.319. The molecular formula is C11H25Cl2N3O. The van der Waals surface area contributed by atoms with Gasteiger partial charge in [0.2, 0.25) is 5.91 Å². The quantitative estimate of drug-likeness (QED) is 0.797. The van der Waals surface area contributed by atoms with Crippen LogP contribution >= 0.6 is 24.8 Å². The van der Waals surface area contributed by atoms with Crippen LogP contribution in [0.15, 0.2) is 0 Å². The van der Waals surface area contributed by atoms with Crippen molar-refractivity contribution in [2.75, 3.05) is 20.1 Å². The second-order valence-electron chi connectivity index (χ2n) is 4.50. The third-order valence-electron chi connectivity index (χ3n) is 3.13. The minimum absolute atomic E-state index is 0. The maximum atomic E-state index is 11.2. The molecule has 0 aromatic heterocycles. The molecule has 1 atom stereocenters. The smallest absolute Gasteiger partial charge is 0.236 e. The summed E-state index contributed by atoms with van der Waals surface area (Å²) in [6.45, 7) is 3.33. The van der Waals surface area contributed by atoms with Gasteiger partial charge >= 0.3 is 0 Å². The summed E-state index contributed by atoms with van der Waals surface area (Å²) in [5.74, 6) is -0.0604. The molecule has 1 fully saturated rings. The first-order valence-electron chi connectivity index (χ1n) is 5.85. The monoisotopic (exact) mass is 285 g/mol. The first kappa shape index (κ1) is 19.3. The van der Waals surface area contributed by atoms with Gasteiger partial charge in [-0.1, -0.05) is 12.8 Å². The summed E-state index contributed by atoms with van der Waals surface area (Å²) in [6.07, 6.45) is 5.30. The lowest BCUT2D eigenvalue weighted by molar-refractivity contribution is -0.122. The van der Waals surface area contributed by atoms with E-state index < -0.39 is 6.04 Å². The maximum Gasteiger partial charge on any atom is 0.236 e. The highest BCUT2D eigenvalue weighted by Crippen LogP contribution is 2.21. The Morgan fingerprint density at radius 2 is 1.94 bits per heavy atom. The third kappa shape index (κ3) is 7.09. The minimum atomic E-state index is -0.401. The van der Waals surface area contributed by atoms with Gasteiger partial charge in [-0.2, -0.15) is 0 Å². The van der Waals surface area contributed by atoms with E-state index in [1.165, 1.54) is 25.7 Å². The predicted molar refractivity (Wildman–Crippen MR) is 76.0 cm³/mol. The number of carbonyl (C=O) groups excluding carboxylic acids is 1. The molecule has 0 aliphatic heterocycles. The summed E-state index contributed by atoms with van der Waals surface area (Å²) in [5, 5.41) is 2.83. The molecule has 17 heavy (non-hydrogen) atoms. The zero-order valence-corrected chi connectivity index (χ0v) is 12.3. The molecular weight excluding hydrogens is 261 g/mol. The molecule has 0 spiro atoms. The van der Waals surface area contributed by atoms with Crippen molar-refractivity contribution in [3.05, 3.63) is 0 Å². The van der Waals surface area contributed by atoms with E-state index in [1.807, 2.05) is 0 Å². The van der Waals surface area contributed by atoms with Crippen LogP contribution in [-0.4, -0.2) is 43.0 Å². The number of nitrogens with zero attached hydrogens (tertiary/aromatic N) is 1. The Bertz CT molecular complexity index is 209. The van der Waals surface area contributed by atoms with E-state index >= 15 is 0 Å². The Labute approximate surface area is 117 Å². The number of nitrogens with one attached hydrogen (secondary N) is 1. The van der Waals surface area contributed by atoms with Gasteiger partial charge in [0.1, 0.15) is 0 Å². The fraction of sp³-hybridized carbons (Fsp3) is 0.909. The fourth-order valence-electron chi connectivity index (χ4n) is 2.04. The molecule has 1 amide bonds. The number of halogens is 2. The number of hydrogen-bond donors (Lipinski definition) is 2. The van der Waals surface area contributed by atoms with Gasteiger partial charge in [-0.25, -0.2) is 0 Å². The number of amides is 1. The zero-order chi connectivity index (χ0) is 11.3. The van der Waals surface area contributed by atoms with Crippen LogP contribution in [0, 0.1) is 0 Å². The van der Waals surface area contributed by atoms with Crippen molar-refractivity contribution in [2.24, 2.45) is 5.73 Å². The summed E-state index contributed by atoms with van der Waals surface area (Å²) >= 11 is 0. The highest BCUT2D eigenvalue weighted by atomic mass is 35.5. The number of carbonyl (C=O) groups is 1. The van der Waals surface area contributed by atoms with E-state index in [0.717, 1.165) is 12.6 Å². The Morgan fingerprint density at radius 3 is 2.41 bits per heavy atom. The predicted octanol–water partition coefficient (Wildman–Crippen LogP) is 1.17. The molecule has 0 saturated heterocycles. The van der Waals surface area contributed by atoms with Crippen molar-refractivity contribution in [3.63, 3.8) is 0 Å². The van der Waals surface area contributed by atoms with Crippen LogP contribution in [0.25, 0.3) is 0 Å². The maximum absolute atomic E-state index is 11.2. The Morgan fingerprint density at radius 1 is 1.41 bits per heavy atom. The molecule has 4 nitrogen and oxygen atoms in total. The molecule has 1 aliphatic rings. The lowest BCUT2D eigenvalue weighted by Gasteiger charge is -2.24. The first-order chi connectivity index (χ1) is 7.11. The number of hydrogen-bond acceptors (Lipinski definition) is 3. The van der Waals surface area contributed by atoms with Gasteiger partial charge < -0.3 is 16.0 Å². The van der Waals surface area contributed by atoms with Crippen LogP contribution < -0.4 is 11.1 Å². The third-order valence-corrected chi connectivity index (χ3v) is 3.13. The van der Waals surface area contributed by atoms with Crippen LogP contribution in [0.1, 0.15) is 32.6 Å². The van der Waals surface area contributed by atoms with E-state index in [-0.39, 0.29) is 30.7 Å². The van der Waals surface area contributed by atoms with Crippen molar-refractivity contribution < 1.29 is 4.79 Å². The molecule has 104 valence electrons. The molecule has 1 saturated carbocycles. The SMILES string of the molecule is CC(N)C(=O)NCCN(C)C1CCCC1.Cl.Cl. The van der Waals surface area contributed by atoms with E-state index in [9.17, 15) is 4.79 Å². The second-order valence-corrected chi connectivity index (χ2v) is 4.50. The average molecular weight is 286 g/mol. The normalized spacial score (nSPS) is 17.2. The summed E-state index contributed by atoms with van der Waals surface area (Å²) in [4.78, 5) is 13.5. The van der Waals surface area contributed by atoms with Gasteiger partial charge in [-0.3, -0.25) is 4.79 Å². The Kier molecular flexibility index (Phi) is 11.3. The van der Waals surface area contributed by atoms with E-state index in [0.29, 0.717) is 6.54 Å². The number of rotatable bonds is 5. The van der Waals surface area contributed by atoms with Gasteiger partial charge in [0, 0.05) is 19.1 Å². The van der Waals surface area contributed by atoms with Crippen LogP contribution in [-0.2, 0) is 4.79 Å².